The number of carbonyl (C=O) groups is 1. The molecule has 2 heterocycles. The molecule has 0 aliphatic carbocycles. The average molecular weight is 388 g/mol. The summed E-state index contributed by atoms with van der Waals surface area (Å²) in [6.45, 7) is 4.75. The van der Waals surface area contributed by atoms with Crippen LogP contribution in [-0.2, 0) is 4.79 Å². The van der Waals surface area contributed by atoms with Gasteiger partial charge in [0, 0.05) is 18.7 Å². The fourth-order valence-electron chi connectivity index (χ4n) is 3.18. The van der Waals surface area contributed by atoms with Crippen LogP contribution in [0.3, 0.4) is 0 Å². The number of benzene rings is 1. The van der Waals surface area contributed by atoms with Crippen molar-refractivity contribution in [1.82, 2.24) is 4.57 Å². The zero-order valence-electron chi connectivity index (χ0n) is 15.0. The second-order valence-corrected chi connectivity index (χ2v) is 7.34. The Hall–Kier alpha value is -2.82. The predicted molar refractivity (Wildman–Crippen MR) is 100 cm³/mol. The number of nitriles is 1. The Balaban J connectivity index is 2.27. The number of hydrogen-bond acceptors (Lipinski definition) is 5. The van der Waals surface area contributed by atoms with E-state index in [9.17, 15) is 20.0 Å². The van der Waals surface area contributed by atoms with Crippen molar-refractivity contribution in [2.45, 2.75) is 38.5 Å². The summed E-state index contributed by atoms with van der Waals surface area (Å²) >= 11 is 6.08. The van der Waals surface area contributed by atoms with Crippen LogP contribution in [0.2, 0.25) is 5.02 Å². The standard InChI is InChI=1S/C19H18ClN3O4/c1-10(24)22-12-7-14(20)18(26)23(9-12)16-13-6-11(8-21)4-5-15(13)27-19(2,3)17(16)25/h4-7,9,16-17,25H,1-3H3,(H,22,24). The van der Waals surface area contributed by atoms with Crippen molar-refractivity contribution < 1.29 is 14.6 Å². The molecule has 0 spiro atoms. The third-order valence-corrected chi connectivity index (χ3v) is 4.73. The molecule has 27 heavy (non-hydrogen) atoms. The second-order valence-electron chi connectivity index (χ2n) is 6.93. The number of halogens is 1. The normalized spacial score (nSPS) is 20.1. The molecule has 3 rings (SSSR count). The maximum atomic E-state index is 12.7. The highest BCUT2D eigenvalue weighted by molar-refractivity contribution is 6.30. The van der Waals surface area contributed by atoms with E-state index in [1.54, 1.807) is 32.0 Å². The van der Waals surface area contributed by atoms with Gasteiger partial charge in [0.2, 0.25) is 5.91 Å². The Morgan fingerprint density at radius 1 is 1.41 bits per heavy atom. The molecule has 2 atom stereocenters. The third kappa shape index (κ3) is 3.42. The minimum absolute atomic E-state index is 0.101. The van der Waals surface area contributed by atoms with Crippen molar-refractivity contribution >= 4 is 23.2 Å². The number of nitrogens with one attached hydrogen (secondary N) is 1. The molecule has 1 aromatic carbocycles. The van der Waals surface area contributed by atoms with Crippen LogP contribution in [0, 0.1) is 11.3 Å². The lowest BCUT2D eigenvalue weighted by Gasteiger charge is -2.42. The molecule has 1 aliphatic rings. The molecule has 0 saturated carbocycles. The number of aliphatic hydroxyl groups excluding tert-OH is 1. The predicted octanol–water partition coefficient (Wildman–Crippen LogP) is 2.45. The molecule has 1 amide bonds. The van der Waals surface area contributed by atoms with Gasteiger partial charge in [-0.05, 0) is 38.1 Å². The van der Waals surface area contributed by atoms with Gasteiger partial charge in [0.05, 0.1) is 23.4 Å². The van der Waals surface area contributed by atoms with Crippen LogP contribution in [0.1, 0.15) is 37.9 Å². The average Bonchev–Trinajstić information content (AvgIpc) is 2.58. The highest BCUT2D eigenvalue weighted by atomic mass is 35.5. The van der Waals surface area contributed by atoms with Crippen LogP contribution in [0.15, 0.2) is 35.3 Å². The molecule has 0 bridgehead atoms. The van der Waals surface area contributed by atoms with Gasteiger partial charge in [-0.1, -0.05) is 11.6 Å². The third-order valence-electron chi connectivity index (χ3n) is 4.46. The summed E-state index contributed by atoms with van der Waals surface area (Å²) in [5.41, 5.74) is -0.352. The molecule has 2 N–H and O–H groups in total. The van der Waals surface area contributed by atoms with Crippen LogP contribution in [-0.4, -0.2) is 27.3 Å². The van der Waals surface area contributed by atoms with E-state index in [1.807, 2.05) is 6.07 Å². The molecular weight excluding hydrogens is 370 g/mol. The first-order valence-electron chi connectivity index (χ1n) is 8.24. The topological polar surface area (TPSA) is 104 Å². The summed E-state index contributed by atoms with van der Waals surface area (Å²) in [7, 11) is 0. The van der Waals surface area contributed by atoms with Crippen molar-refractivity contribution in [3.63, 3.8) is 0 Å². The van der Waals surface area contributed by atoms with Crippen LogP contribution >= 0.6 is 11.6 Å². The number of anilines is 1. The lowest BCUT2D eigenvalue weighted by atomic mass is 9.85. The zero-order chi connectivity index (χ0) is 19.9. The van der Waals surface area contributed by atoms with Gasteiger partial charge in [0.25, 0.3) is 5.56 Å². The van der Waals surface area contributed by atoms with Crippen LogP contribution in [0.5, 0.6) is 5.75 Å². The number of aliphatic hydroxyl groups is 1. The molecule has 2 aromatic rings. The number of rotatable bonds is 2. The van der Waals surface area contributed by atoms with Gasteiger partial charge < -0.3 is 19.7 Å². The van der Waals surface area contributed by atoms with Gasteiger partial charge in [-0.25, -0.2) is 0 Å². The quantitative estimate of drug-likeness (QED) is 0.823. The number of ether oxygens (including phenoxy) is 1. The highest BCUT2D eigenvalue weighted by Crippen LogP contribution is 2.42. The van der Waals surface area contributed by atoms with E-state index in [4.69, 9.17) is 16.3 Å². The van der Waals surface area contributed by atoms with E-state index in [-0.39, 0.29) is 10.9 Å². The van der Waals surface area contributed by atoms with Crippen molar-refractivity contribution in [1.29, 1.82) is 5.26 Å². The first kappa shape index (κ1) is 19.0. The fraction of sp³-hybridized carbons (Fsp3) is 0.316. The van der Waals surface area contributed by atoms with E-state index < -0.39 is 23.3 Å². The molecule has 140 valence electrons. The Kier molecular flexibility index (Phi) is 4.72. The molecule has 0 saturated heterocycles. The van der Waals surface area contributed by atoms with Crippen LogP contribution in [0.4, 0.5) is 5.69 Å². The second kappa shape index (κ2) is 6.72. The number of amides is 1. The minimum Gasteiger partial charge on any atom is -0.485 e. The summed E-state index contributed by atoms with van der Waals surface area (Å²) in [5.74, 6) is 0.138. The number of carbonyl (C=O) groups excluding carboxylic acids is 1. The Labute approximate surface area is 160 Å². The summed E-state index contributed by atoms with van der Waals surface area (Å²) < 4.78 is 7.14. The van der Waals surface area contributed by atoms with Crippen molar-refractivity contribution in [3.8, 4) is 11.8 Å². The largest absolute Gasteiger partial charge is 0.485 e. The molecule has 1 aromatic heterocycles. The first-order chi connectivity index (χ1) is 12.6. The van der Waals surface area contributed by atoms with Gasteiger partial charge in [-0.2, -0.15) is 5.26 Å². The van der Waals surface area contributed by atoms with Gasteiger partial charge in [0.15, 0.2) is 0 Å². The van der Waals surface area contributed by atoms with E-state index in [0.717, 1.165) is 0 Å². The van der Waals surface area contributed by atoms with Crippen molar-refractivity contribution in [2.24, 2.45) is 0 Å². The van der Waals surface area contributed by atoms with E-state index in [1.165, 1.54) is 23.8 Å². The molecule has 7 nitrogen and oxygen atoms in total. The summed E-state index contributed by atoms with van der Waals surface area (Å²) in [4.78, 5) is 24.1. The number of fused-ring (bicyclic) bond motifs is 1. The molecule has 2 unspecified atom stereocenters. The van der Waals surface area contributed by atoms with Crippen molar-refractivity contribution in [3.05, 3.63) is 57.0 Å². The number of aromatic nitrogens is 1. The Bertz CT molecular complexity index is 1020. The summed E-state index contributed by atoms with van der Waals surface area (Å²) in [5, 5.41) is 22.7. The smallest absolute Gasteiger partial charge is 0.270 e. The van der Waals surface area contributed by atoms with E-state index in [2.05, 4.69) is 5.32 Å². The van der Waals surface area contributed by atoms with E-state index in [0.29, 0.717) is 22.6 Å². The summed E-state index contributed by atoms with van der Waals surface area (Å²) in [6, 6.07) is 7.36. The zero-order valence-corrected chi connectivity index (χ0v) is 15.7. The molecule has 0 fully saturated rings. The van der Waals surface area contributed by atoms with Gasteiger partial charge in [0.1, 0.15) is 22.5 Å². The lowest BCUT2D eigenvalue weighted by Crippen LogP contribution is -2.52. The maximum absolute atomic E-state index is 12.7. The van der Waals surface area contributed by atoms with Crippen LogP contribution < -0.4 is 15.6 Å². The lowest BCUT2D eigenvalue weighted by molar-refractivity contribution is -0.114. The molecule has 1 aliphatic heterocycles. The number of nitrogens with zero attached hydrogens (tertiary/aromatic N) is 2. The Morgan fingerprint density at radius 2 is 2.11 bits per heavy atom. The maximum Gasteiger partial charge on any atom is 0.270 e. The van der Waals surface area contributed by atoms with Gasteiger partial charge >= 0.3 is 0 Å². The summed E-state index contributed by atoms with van der Waals surface area (Å²) in [6.07, 6.45) is 0.313. The number of hydrogen-bond donors (Lipinski definition) is 2. The minimum atomic E-state index is -1.11. The SMILES string of the molecule is CC(=O)Nc1cc(Cl)c(=O)n(C2c3cc(C#N)ccc3OC(C)(C)C2O)c1. The number of pyridine rings is 1. The fourth-order valence-corrected chi connectivity index (χ4v) is 3.40. The highest BCUT2D eigenvalue weighted by Gasteiger charge is 2.44. The molecular formula is C19H18ClN3O4. The molecule has 0 radical (unpaired) electrons. The van der Waals surface area contributed by atoms with Crippen molar-refractivity contribution in [2.75, 3.05) is 5.32 Å². The first-order valence-corrected chi connectivity index (χ1v) is 8.62. The van der Waals surface area contributed by atoms with Gasteiger partial charge in [-0.3, -0.25) is 9.59 Å². The monoisotopic (exact) mass is 387 g/mol. The van der Waals surface area contributed by atoms with Crippen LogP contribution in [0.25, 0.3) is 0 Å². The molecule has 8 heteroatoms. The van der Waals surface area contributed by atoms with E-state index >= 15 is 0 Å². The van der Waals surface area contributed by atoms with Gasteiger partial charge in [-0.15, -0.1) is 0 Å². The Morgan fingerprint density at radius 3 is 2.74 bits per heavy atom.